The van der Waals surface area contributed by atoms with Gasteiger partial charge in [-0.2, -0.15) is 0 Å². The quantitative estimate of drug-likeness (QED) is 0.709. The van der Waals surface area contributed by atoms with Crippen molar-refractivity contribution in [1.82, 2.24) is 0 Å². The molecule has 2 N–H and O–H groups in total. The highest BCUT2D eigenvalue weighted by molar-refractivity contribution is 5.51. The summed E-state index contributed by atoms with van der Waals surface area (Å²) in [5, 5.41) is 0. The van der Waals surface area contributed by atoms with Crippen LogP contribution in [0.2, 0.25) is 0 Å². The second-order valence-corrected chi connectivity index (χ2v) is 3.21. The molecule has 0 aliphatic carbocycles. The van der Waals surface area contributed by atoms with E-state index in [4.69, 9.17) is 5.73 Å². The molecule has 0 radical (unpaired) electrons. The van der Waals surface area contributed by atoms with Gasteiger partial charge >= 0.3 is 0 Å². The van der Waals surface area contributed by atoms with Crippen molar-refractivity contribution in [2.75, 3.05) is 0 Å². The maximum atomic E-state index is 5.81. The molecule has 0 unspecified atom stereocenters. The molecule has 0 atom stereocenters. The first-order chi connectivity index (χ1) is 5.70. The predicted octanol–water partition coefficient (Wildman–Crippen LogP) is 2.64. The van der Waals surface area contributed by atoms with Crippen LogP contribution >= 0.6 is 0 Å². The highest BCUT2D eigenvalue weighted by Gasteiger charge is 1.95. The van der Waals surface area contributed by atoms with Gasteiger partial charge in [-0.15, -0.1) is 0 Å². The molecule has 0 fully saturated rings. The number of rotatable bonds is 2. The lowest BCUT2D eigenvalue weighted by Crippen LogP contribution is -2.03. The molecule has 1 heteroatoms. The summed E-state index contributed by atoms with van der Waals surface area (Å²) in [6.07, 6.45) is 2.02. The van der Waals surface area contributed by atoms with Crippen molar-refractivity contribution in [1.29, 1.82) is 0 Å². The molecule has 0 heterocycles. The van der Waals surface area contributed by atoms with Crippen LogP contribution in [-0.2, 0) is 0 Å². The first kappa shape index (κ1) is 8.85. The smallest absolute Gasteiger partial charge is 0.0112 e. The molecule has 0 saturated carbocycles. The largest absolute Gasteiger partial charge is 0.402 e. The van der Waals surface area contributed by atoms with Gasteiger partial charge in [0.1, 0.15) is 0 Å². The monoisotopic (exact) mass is 161 g/mol. The zero-order valence-corrected chi connectivity index (χ0v) is 7.62. The summed E-state index contributed by atoms with van der Waals surface area (Å²) in [4.78, 5) is 0. The van der Waals surface area contributed by atoms with Crippen LogP contribution < -0.4 is 5.73 Å². The summed E-state index contributed by atoms with van der Waals surface area (Å²) >= 11 is 0. The molecule has 1 rings (SSSR count). The van der Waals surface area contributed by atoms with Gasteiger partial charge < -0.3 is 5.73 Å². The molecule has 0 bridgehead atoms. The minimum absolute atomic E-state index is 0.421. The molecular formula is C11H15N. The SMILES string of the molecule is CC(C)C(N)=Cc1ccccc1. The van der Waals surface area contributed by atoms with Gasteiger partial charge in [-0.1, -0.05) is 44.2 Å². The van der Waals surface area contributed by atoms with E-state index < -0.39 is 0 Å². The van der Waals surface area contributed by atoms with E-state index in [1.807, 2.05) is 24.3 Å². The zero-order valence-electron chi connectivity index (χ0n) is 7.62. The molecule has 0 amide bonds. The van der Waals surface area contributed by atoms with E-state index >= 15 is 0 Å². The maximum Gasteiger partial charge on any atom is 0.0112 e. The van der Waals surface area contributed by atoms with E-state index in [-0.39, 0.29) is 0 Å². The van der Waals surface area contributed by atoms with E-state index in [1.54, 1.807) is 0 Å². The summed E-state index contributed by atoms with van der Waals surface area (Å²) in [5.41, 5.74) is 7.91. The molecule has 0 spiro atoms. The molecule has 12 heavy (non-hydrogen) atoms. The number of hydrogen-bond acceptors (Lipinski definition) is 1. The molecule has 1 aromatic carbocycles. The fourth-order valence-corrected chi connectivity index (χ4v) is 0.908. The second kappa shape index (κ2) is 3.96. The summed E-state index contributed by atoms with van der Waals surface area (Å²) in [6, 6.07) is 10.1. The Kier molecular flexibility index (Phi) is 2.92. The molecule has 1 nitrogen and oxygen atoms in total. The molecule has 1 aromatic rings. The fraction of sp³-hybridized carbons (Fsp3) is 0.273. The van der Waals surface area contributed by atoms with Gasteiger partial charge in [0.05, 0.1) is 0 Å². The van der Waals surface area contributed by atoms with E-state index in [9.17, 15) is 0 Å². The van der Waals surface area contributed by atoms with Crippen molar-refractivity contribution in [3.63, 3.8) is 0 Å². The van der Waals surface area contributed by atoms with E-state index in [0.717, 1.165) is 5.70 Å². The predicted molar refractivity (Wildman–Crippen MR) is 53.4 cm³/mol. The van der Waals surface area contributed by atoms with Crippen LogP contribution in [0.25, 0.3) is 6.08 Å². The van der Waals surface area contributed by atoms with Crippen LogP contribution in [0.3, 0.4) is 0 Å². The number of allylic oxidation sites excluding steroid dienone is 1. The standard InChI is InChI=1S/C11H15N/c1-9(2)11(12)8-10-6-4-3-5-7-10/h3-9H,12H2,1-2H3. The minimum Gasteiger partial charge on any atom is -0.402 e. The maximum absolute atomic E-state index is 5.81. The molecule has 0 aliphatic rings. The molecule has 64 valence electrons. The first-order valence-electron chi connectivity index (χ1n) is 4.22. The van der Waals surface area contributed by atoms with Crippen molar-refractivity contribution in [3.8, 4) is 0 Å². The van der Waals surface area contributed by atoms with Crippen LogP contribution in [0.1, 0.15) is 19.4 Å². The molecular weight excluding hydrogens is 146 g/mol. The Balaban J connectivity index is 2.81. The normalized spacial score (nSPS) is 12.1. The highest BCUT2D eigenvalue weighted by Crippen LogP contribution is 2.08. The summed E-state index contributed by atoms with van der Waals surface area (Å²) < 4.78 is 0. The Labute approximate surface area is 73.9 Å². The van der Waals surface area contributed by atoms with Gasteiger partial charge in [-0.3, -0.25) is 0 Å². The van der Waals surface area contributed by atoms with Gasteiger partial charge in [-0.25, -0.2) is 0 Å². The lowest BCUT2D eigenvalue weighted by Gasteiger charge is -2.04. The Morgan fingerprint density at radius 1 is 1.25 bits per heavy atom. The Hall–Kier alpha value is -1.24. The van der Waals surface area contributed by atoms with Gasteiger partial charge in [0.25, 0.3) is 0 Å². The van der Waals surface area contributed by atoms with Gasteiger partial charge in [0.15, 0.2) is 0 Å². The van der Waals surface area contributed by atoms with Crippen LogP contribution in [0.15, 0.2) is 36.0 Å². The zero-order chi connectivity index (χ0) is 8.97. The van der Waals surface area contributed by atoms with Gasteiger partial charge in [-0.05, 0) is 17.6 Å². The van der Waals surface area contributed by atoms with Gasteiger partial charge in [0.2, 0.25) is 0 Å². The molecule has 0 aliphatic heterocycles. The van der Waals surface area contributed by atoms with Crippen LogP contribution in [-0.4, -0.2) is 0 Å². The number of benzene rings is 1. The Morgan fingerprint density at radius 2 is 1.83 bits per heavy atom. The van der Waals surface area contributed by atoms with Crippen molar-refractivity contribution in [2.45, 2.75) is 13.8 Å². The average Bonchev–Trinajstić information content (AvgIpc) is 2.06. The Morgan fingerprint density at radius 3 is 2.33 bits per heavy atom. The lowest BCUT2D eigenvalue weighted by atomic mass is 10.1. The third-order valence-electron chi connectivity index (χ3n) is 1.80. The topological polar surface area (TPSA) is 26.0 Å². The van der Waals surface area contributed by atoms with Crippen LogP contribution in [0.5, 0.6) is 0 Å². The highest BCUT2D eigenvalue weighted by atomic mass is 14.6. The number of hydrogen-bond donors (Lipinski definition) is 1. The second-order valence-electron chi connectivity index (χ2n) is 3.21. The molecule has 0 saturated heterocycles. The van der Waals surface area contributed by atoms with Gasteiger partial charge in [0, 0.05) is 5.70 Å². The summed E-state index contributed by atoms with van der Waals surface area (Å²) in [7, 11) is 0. The summed E-state index contributed by atoms with van der Waals surface area (Å²) in [5.74, 6) is 0.421. The van der Waals surface area contributed by atoms with Crippen molar-refractivity contribution < 1.29 is 0 Å². The van der Waals surface area contributed by atoms with Crippen molar-refractivity contribution >= 4 is 6.08 Å². The van der Waals surface area contributed by atoms with E-state index in [0.29, 0.717) is 5.92 Å². The number of nitrogens with two attached hydrogens (primary N) is 1. The third-order valence-corrected chi connectivity index (χ3v) is 1.80. The molecule has 0 aromatic heterocycles. The van der Waals surface area contributed by atoms with Crippen LogP contribution in [0, 0.1) is 5.92 Å². The Bertz CT molecular complexity index is 260. The first-order valence-corrected chi connectivity index (χ1v) is 4.22. The third kappa shape index (κ3) is 2.42. The van der Waals surface area contributed by atoms with Crippen molar-refractivity contribution in [2.24, 2.45) is 11.7 Å². The van der Waals surface area contributed by atoms with E-state index in [1.165, 1.54) is 5.56 Å². The van der Waals surface area contributed by atoms with Crippen LogP contribution in [0.4, 0.5) is 0 Å². The minimum atomic E-state index is 0.421. The summed E-state index contributed by atoms with van der Waals surface area (Å²) in [6.45, 7) is 4.18. The average molecular weight is 161 g/mol. The fourth-order valence-electron chi connectivity index (χ4n) is 0.908. The lowest BCUT2D eigenvalue weighted by molar-refractivity contribution is 0.764. The van der Waals surface area contributed by atoms with Crippen molar-refractivity contribution in [3.05, 3.63) is 41.6 Å². The van der Waals surface area contributed by atoms with E-state index in [2.05, 4.69) is 26.0 Å².